The molecule has 1 atom stereocenters. The summed E-state index contributed by atoms with van der Waals surface area (Å²) in [5, 5.41) is 12.1. The molecule has 5 heteroatoms. The second kappa shape index (κ2) is 5.42. The van der Waals surface area contributed by atoms with Gasteiger partial charge in [0.2, 0.25) is 5.78 Å². The second-order valence-corrected chi connectivity index (χ2v) is 7.01. The quantitative estimate of drug-likeness (QED) is 0.727. The number of carboxylic acids is 1. The van der Waals surface area contributed by atoms with Gasteiger partial charge >= 0.3 is 5.97 Å². The first-order valence-electron chi connectivity index (χ1n) is 6.41. The minimum Gasteiger partial charge on any atom is -0.481 e. The molecule has 1 N–H and O–H groups in total. The predicted octanol–water partition coefficient (Wildman–Crippen LogP) is 4.38. The molecule has 0 aliphatic rings. The van der Waals surface area contributed by atoms with E-state index in [2.05, 4.69) is 0 Å². The molecule has 106 valence electrons. The van der Waals surface area contributed by atoms with Crippen LogP contribution in [-0.2, 0) is 4.79 Å². The van der Waals surface area contributed by atoms with Crippen LogP contribution in [0.3, 0.4) is 0 Å². The summed E-state index contributed by atoms with van der Waals surface area (Å²) in [5.41, 5.74) is 1.29. The summed E-state index contributed by atoms with van der Waals surface area (Å²) in [6.45, 7) is 1.63. The molecular formula is C16H12O3S2. The van der Waals surface area contributed by atoms with E-state index in [1.54, 1.807) is 42.5 Å². The van der Waals surface area contributed by atoms with E-state index < -0.39 is 11.9 Å². The number of thiophene rings is 2. The third-order valence-electron chi connectivity index (χ3n) is 3.41. The van der Waals surface area contributed by atoms with Gasteiger partial charge in [-0.15, -0.1) is 22.7 Å². The Hall–Kier alpha value is -1.98. The summed E-state index contributed by atoms with van der Waals surface area (Å²) in [6, 6.07) is 10.7. The number of hydrogen-bond acceptors (Lipinski definition) is 4. The maximum atomic E-state index is 12.4. The fourth-order valence-corrected chi connectivity index (χ4v) is 4.16. The molecule has 0 radical (unpaired) electrons. The van der Waals surface area contributed by atoms with Crippen molar-refractivity contribution in [2.24, 2.45) is 0 Å². The molecular weight excluding hydrogens is 304 g/mol. The molecule has 1 unspecified atom stereocenters. The Kier molecular flexibility index (Phi) is 3.61. The lowest BCUT2D eigenvalue weighted by Crippen LogP contribution is -2.07. The minimum absolute atomic E-state index is 0.0158. The van der Waals surface area contributed by atoms with E-state index in [0.717, 1.165) is 14.3 Å². The fourth-order valence-electron chi connectivity index (χ4n) is 2.09. The van der Waals surface area contributed by atoms with Gasteiger partial charge in [-0.3, -0.25) is 9.59 Å². The molecule has 1 aromatic carbocycles. The van der Waals surface area contributed by atoms with E-state index in [4.69, 9.17) is 5.11 Å². The van der Waals surface area contributed by atoms with Gasteiger partial charge in [-0.2, -0.15) is 0 Å². The number of aliphatic carboxylic acids is 1. The Labute approximate surface area is 129 Å². The number of carboxylic acid groups (broad SMARTS) is 1. The molecule has 0 saturated carbocycles. The number of benzene rings is 1. The van der Waals surface area contributed by atoms with Crippen LogP contribution in [0.5, 0.6) is 0 Å². The summed E-state index contributed by atoms with van der Waals surface area (Å²) in [7, 11) is 0. The zero-order valence-electron chi connectivity index (χ0n) is 11.2. The molecule has 2 aromatic heterocycles. The van der Waals surface area contributed by atoms with Gasteiger partial charge in [0, 0.05) is 10.9 Å². The number of ketones is 1. The number of fused-ring (bicyclic) bond motifs is 1. The van der Waals surface area contributed by atoms with E-state index in [-0.39, 0.29) is 5.78 Å². The Morgan fingerprint density at radius 1 is 1.14 bits per heavy atom. The molecule has 0 amide bonds. The molecule has 21 heavy (non-hydrogen) atoms. The summed E-state index contributed by atoms with van der Waals surface area (Å²) < 4.78 is 1.15. The number of hydrogen-bond donors (Lipinski definition) is 1. The van der Waals surface area contributed by atoms with Crippen molar-refractivity contribution in [3.05, 3.63) is 57.8 Å². The maximum Gasteiger partial charge on any atom is 0.310 e. The van der Waals surface area contributed by atoms with Crippen molar-refractivity contribution in [3.63, 3.8) is 0 Å². The average molecular weight is 316 g/mol. The number of carbonyl (C=O) groups excluding carboxylic acids is 1. The molecule has 2 heterocycles. The fraction of sp³-hybridized carbons (Fsp3) is 0.125. The van der Waals surface area contributed by atoms with Gasteiger partial charge in [-0.05, 0) is 30.0 Å². The van der Waals surface area contributed by atoms with Crippen LogP contribution in [0.25, 0.3) is 9.40 Å². The van der Waals surface area contributed by atoms with Crippen molar-refractivity contribution >= 4 is 43.8 Å². The van der Waals surface area contributed by atoms with Gasteiger partial charge in [0.15, 0.2) is 0 Å². The number of carbonyl (C=O) groups is 2. The van der Waals surface area contributed by atoms with Crippen molar-refractivity contribution in [3.8, 4) is 0 Å². The van der Waals surface area contributed by atoms with Gasteiger partial charge in [-0.1, -0.05) is 24.3 Å². The Balaban J connectivity index is 1.88. The van der Waals surface area contributed by atoms with E-state index >= 15 is 0 Å². The van der Waals surface area contributed by atoms with E-state index in [1.807, 2.05) is 17.5 Å². The summed E-state index contributed by atoms with van der Waals surface area (Å²) in [4.78, 5) is 24.1. The summed E-state index contributed by atoms with van der Waals surface area (Å²) >= 11 is 3.13. The van der Waals surface area contributed by atoms with Gasteiger partial charge in [0.25, 0.3) is 0 Å². The second-order valence-electron chi connectivity index (χ2n) is 4.79. The zero-order valence-corrected chi connectivity index (χ0v) is 12.8. The van der Waals surface area contributed by atoms with Crippen LogP contribution in [0, 0.1) is 0 Å². The molecule has 3 rings (SSSR count). The third-order valence-corrected chi connectivity index (χ3v) is 5.62. The molecule has 0 aliphatic heterocycles. The number of rotatable bonds is 4. The topological polar surface area (TPSA) is 54.4 Å². The van der Waals surface area contributed by atoms with E-state index in [1.165, 1.54) is 11.3 Å². The summed E-state index contributed by atoms with van der Waals surface area (Å²) in [6.07, 6.45) is 0. The average Bonchev–Trinajstić information content (AvgIpc) is 3.07. The van der Waals surface area contributed by atoms with E-state index in [0.29, 0.717) is 11.1 Å². The van der Waals surface area contributed by atoms with Gasteiger partial charge in [-0.25, -0.2) is 0 Å². The predicted molar refractivity (Wildman–Crippen MR) is 85.6 cm³/mol. The first kappa shape index (κ1) is 14.0. The SMILES string of the molecule is CC(C(=O)O)c1ccc(C(=O)c2cc3ccsc3s2)cc1. The zero-order chi connectivity index (χ0) is 15.0. The highest BCUT2D eigenvalue weighted by Gasteiger charge is 2.16. The highest BCUT2D eigenvalue weighted by atomic mass is 32.2. The lowest BCUT2D eigenvalue weighted by atomic mass is 9.99. The van der Waals surface area contributed by atoms with Gasteiger partial charge < -0.3 is 5.11 Å². The molecule has 3 nitrogen and oxygen atoms in total. The lowest BCUT2D eigenvalue weighted by molar-refractivity contribution is -0.138. The van der Waals surface area contributed by atoms with Crippen molar-refractivity contribution in [1.82, 2.24) is 0 Å². The Morgan fingerprint density at radius 2 is 1.86 bits per heavy atom. The Morgan fingerprint density at radius 3 is 2.48 bits per heavy atom. The minimum atomic E-state index is -0.868. The van der Waals surface area contributed by atoms with Crippen LogP contribution >= 0.6 is 22.7 Å². The summed E-state index contributed by atoms with van der Waals surface area (Å²) in [5.74, 6) is -1.45. The first-order valence-corrected chi connectivity index (χ1v) is 8.10. The van der Waals surface area contributed by atoms with Crippen LogP contribution in [0.4, 0.5) is 0 Å². The van der Waals surface area contributed by atoms with Crippen molar-refractivity contribution < 1.29 is 14.7 Å². The standard InChI is InChI=1S/C16H12O3S2/c1-9(15(18)19)10-2-4-11(5-3-10)14(17)13-8-12-6-7-20-16(12)21-13/h2-9H,1H3,(H,18,19). The third kappa shape index (κ3) is 2.62. The molecule has 3 aromatic rings. The normalized spacial score (nSPS) is 12.4. The van der Waals surface area contributed by atoms with Crippen molar-refractivity contribution in [2.75, 3.05) is 0 Å². The molecule has 0 fully saturated rings. The van der Waals surface area contributed by atoms with Crippen molar-refractivity contribution in [1.29, 1.82) is 0 Å². The molecule has 0 bridgehead atoms. The van der Waals surface area contributed by atoms with Crippen LogP contribution < -0.4 is 0 Å². The van der Waals surface area contributed by atoms with Crippen LogP contribution in [0.2, 0.25) is 0 Å². The van der Waals surface area contributed by atoms with Gasteiger partial charge in [0.05, 0.1) is 14.8 Å². The molecule has 0 spiro atoms. The lowest BCUT2D eigenvalue weighted by Gasteiger charge is -2.07. The van der Waals surface area contributed by atoms with Crippen LogP contribution in [0.1, 0.15) is 33.6 Å². The first-order chi connectivity index (χ1) is 10.1. The smallest absolute Gasteiger partial charge is 0.310 e. The highest BCUT2D eigenvalue weighted by Crippen LogP contribution is 2.31. The molecule has 0 aliphatic carbocycles. The molecule has 0 saturated heterocycles. The van der Waals surface area contributed by atoms with Gasteiger partial charge in [0.1, 0.15) is 0 Å². The van der Waals surface area contributed by atoms with Crippen LogP contribution in [0.15, 0.2) is 41.8 Å². The largest absolute Gasteiger partial charge is 0.481 e. The monoisotopic (exact) mass is 316 g/mol. The maximum absolute atomic E-state index is 12.4. The highest BCUT2D eigenvalue weighted by molar-refractivity contribution is 7.38. The van der Waals surface area contributed by atoms with Crippen molar-refractivity contribution in [2.45, 2.75) is 12.8 Å². The Bertz CT molecular complexity index is 783. The van der Waals surface area contributed by atoms with E-state index in [9.17, 15) is 9.59 Å². The van der Waals surface area contributed by atoms with Crippen LogP contribution in [-0.4, -0.2) is 16.9 Å².